The second-order valence-electron chi connectivity index (χ2n) is 4.57. The molecule has 1 atom stereocenters. The van der Waals surface area contributed by atoms with Gasteiger partial charge in [0.2, 0.25) is 5.91 Å². The SMILES string of the molecule is CCNC(=O)CN(CC)C(=O)NC(C(=O)O)C1CC1. The molecule has 7 heteroatoms. The van der Waals surface area contributed by atoms with Gasteiger partial charge in [-0.3, -0.25) is 4.79 Å². The first-order valence-electron chi connectivity index (χ1n) is 6.54. The fourth-order valence-electron chi connectivity index (χ4n) is 1.79. The minimum atomic E-state index is -1.02. The van der Waals surface area contributed by atoms with Crippen LogP contribution in [-0.4, -0.2) is 53.6 Å². The highest BCUT2D eigenvalue weighted by atomic mass is 16.4. The first-order valence-corrected chi connectivity index (χ1v) is 6.54. The smallest absolute Gasteiger partial charge is 0.326 e. The Kier molecular flexibility index (Phi) is 5.59. The van der Waals surface area contributed by atoms with Gasteiger partial charge < -0.3 is 20.6 Å². The lowest BCUT2D eigenvalue weighted by Crippen LogP contribution is -2.51. The van der Waals surface area contributed by atoms with Gasteiger partial charge in [-0.2, -0.15) is 0 Å². The summed E-state index contributed by atoms with van der Waals surface area (Å²) < 4.78 is 0. The van der Waals surface area contributed by atoms with E-state index in [1.54, 1.807) is 13.8 Å². The number of nitrogens with zero attached hydrogens (tertiary/aromatic N) is 1. The Morgan fingerprint density at radius 2 is 1.95 bits per heavy atom. The predicted molar refractivity (Wildman–Crippen MR) is 68.6 cm³/mol. The summed E-state index contributed by atoms with van der Waals surface area (Å²) in [5.74, 6) is -1.26. The van der Waals surface area contributed by atoms with E-state index in [9.17, 15) is 14.4 Å². The predicted octanol–water partition coefficient (Wildman–Crippen LogP) is 0.0172. The van der Waals surface area contributed by atoms with Gasteiger partial charge in [0.15, 0.2) is 0 Å². The topological polar surface area (TPSA) is 98.7 Å². The highest BCUT2D eigenvalue weighted by molar-refractivity contribution is 5.86. The maximum Gasteiger partial charge on any atom is 0.326 e. The summed E-state index contributed by atoms with van der Waals surface area (Å²) in [5.41, 5.74) is 0. The van der Waals surface area contributed by atoms with Gasteiger partial charge >= 0.3 is 12.0 Å². The summed E-state index contributed by atoms with van der Waals surface area (Å²) in [6.07, 6.45) is 1.64. The van der Waals surface area contributed by atoms with Crippen LogP contribution in [-0.2, 0) is 9.59 Å². The fourth-order valence-corrected chi connectivity index (χ4v) is 1.79. The number of amides is 3. The number of carboxylic acids is 1. The molecule has 1 aliphatic rings. The molecule has 1 rings (SSSR count). The minimum Gasteiger partial charge on any atom is -0.480 e. The van der Waals surface area contributed by atoms with Crippen molar-refractivity contribution in [3.63, 3.8) is 0 Å². The van der Waals surface area contributed by atoms with Gasteiger partial charge in [-0.1, -0.05) is 0 Å². The summed E-state index contributed by atoms with van der Waals surface area (Å²) in [6.45, 7) is 4.32. The van der Waals surface area contributed by atoms with Crippen molar-refractivity contribution in [2.45, 2.75) is 32.7 Å². The van der Waals surface area contributed by atoms with Crippen molar-refractivity contribution in [3.8, 4) is 0 Å². The quantitative estimate of drug-likeness (QED) is 0.607. The molecule has 3 N–H and O–H groups in total. The van der Waals surface area contributed by atoms with E-state index in [0.29, 0.717) is 13.1 Å². The third kappa shape index (κ3) is 4.76. The van der Waals surface area contributed by atoms with Crippen LogP contribution < -0.4 is 10.6 Å². The summed E-state index contributed by atoms with van der Waals surface area (Å²) >= 11 is 0. The number of likely N-dealkylation sites (N-methyl/N-ethyl adjacent to an activating group) is 2. The first kappa shape index (κ1) is 15.3. The Balaban J connectivity index is 2.52. The summed E-state index contributed by atoms with van der Waals surface area (Å²) in [4.78, 5) is 35.7. The van der Waals surface area contributed by atoms with Gasteiger partial charge in [0.25, 0.3) is 0 Å². The molecular weight excluding hydrogens is 250 g/mol. The van der Waals surface area contributed by atoms with E-state index in [1.165, 1.54) is 4.90 Å². The molecule has 0 aromatic heterocycles. The second kappa shape index (κ2) is 6.96. The molecule has 19 heavy (non-hydrogen) atoms. The number of hydrogen-bond acceptors (Lipinski definition) is 3. The lowest BCUT2D eigenvalue weighted by molar-refractivity contribution is -0.139. The molecule has 0 saturated heterocycles. The average molecular weight is 271 g/mol. The molecule has 1 unspecified atom stereocenters. The lowest BCUT2D eigenvalue weighted by Gasteiger charge is -2.23. The molecule has 0 aromatic rings. The number of carbonyl (C=O) groups excluding carboxylic acids is 2. The summed E-state index contributed by atoms with van der Waals surface area (Å²) in [6, 6.07) is -1.36. The van der Waals surface area contributed by atoms with Gasteiger partial charge in [-0.05, 0) is 32.6 Å². The summed E-state index contributed by atoms with van der Waals surface area (Å²) in [5, 5.41) is 14.1. The molecule has 1 fully saturated rings. The van der Waals surface area contributed by atoms with Crippen molar-refractivity contribution in [2.24, 2.45) is 5.92 Å². The number of carboxylic acid groups (broad SMARTS) is 1. The molecular formula is C12H21N3O4. The number of carbonyl (C=O) groups is 3. The van der Waals surface area contributed by atoms with Crippen LogP contribution >= 0.6 is 0 Å². The Hall–Kier alpha value is -1.79. The number of nitrogens with one attached hydrogen (secondary N) is 2. The van der Waals surface area contributed by atoms with Crippen LogP contribution in [0.5, 0.6) is 0 Å². The van der Waals surface area contributed by atoms with E-state index in [0.717, 1.165) is 12.8 Å². The monoisotopic (exact) mass is 271 g/mol. The largest absolute Gasteiger partial charge is 0.480 e. The number of urea groups is 1. The molecule has 0 spiro atoms. The van der Waals surface area contributed by atoms with Crippen molar-refractivity contribution in [2.75, 3.05) is 19.6 Å². The third-order valence-corrected chi connectivity index (χ3v) is 3.02. The number of rotatable bonds is 7. The molecule has 0 aromatic carbocycles. The van der Waals surface area contributed by atoms with Crippen LogP contribution in [0.3, 0.4) is 0 Å². The molecule has 1 aliphatic carbocycles. The molecule has 0 bridgehead atoms. The van der Waals surface area contributed by atoms with E-state index in [-0.39, 0.29) is 18.4 Å². The van der Waals surface area contributed by atoms with Gasteiger partial charge in [-0.15, -0.1) is 0 Å². The Bertz CT molecular complexity index is 355. The Labute approximate surface area is 112 Å². The molecule has 0 aliphatic heterocycles. The first-order chi connectivity index (χ1) is 8.99. The molecule has 3 amide bonds. The highest BCUT2D eigenvalue weighted by Gasteiger charge is 2.38. The van der Waals surface area contributed by atoms with Crippen LogP contribution in [0.1, 0.15) is 26.7 Å². The third-order valence-electron chi connectivity index (χ3n) is 3.02. The second-order valence-corrected chi connectivity index (χ2v) is 4.57. The fraction of sp³-hybridized carbons (Fsp3) is 0.750. The molecule has 0 heterocycles. The van der Waals surface area contributed by atoms with Crippen LogP contribution in [0.15, 0.2) is 0 Å². The normalized spacial score (nSPS) is 15.5. The van der Waals surface area contributed by atoms with Gasteiger partial charge in [0.1, 0.15) is 12.6 Å². The van der Waals surface area contributed by atoms with Crippen molar-refractivity contribution >= 4 is 17.9 Å². The van der Waals surface area contributed by atoms with Gasteiger partial charge in [0, 0.05) is 13.1 Å². The van der Waals surface area contributed by atoms with E-state index in [4.69, 9.17) is 5.11 Å². The lowest BCUT2D eigenvalue weighted by atomic mass is 10.2. The van der Waals surface area contributed by atoms with E-state index >= 15 is 0 Å². The molecule has 0 radical (unpaired) electrons. The Morgan fingerprint density at radius 3 is 2.37 bits per heavy atom. The van der Waals surface area contributed by atoms with Crippen LogP contribution in [0.4, 0.5) is 4.79 Å². The van der Waals surface area contributed by atoms with Crippen molar-refractivity contribution < 1.29 is 19.5 Å². The number of hydrogen-bond donors (Lipinski definition) is 3. The number of aliphatic carboxylic acids is 1. The molecule has 1 saturated carbocycles. The van der Waals surface area contributed by atoms with Crippen LogP contribution in [0.2, 0.25) is 0 Å². The Morgan fingerprint density at radius 1 is 1.32 bits per heavy atom. The zero-order valence-corrected chi connectivity index (χ0v) is 11.3. The highest BCUT2D eigenvalue weighted by Crippen LogP contribution is 2.32. The van der Waals surface area contributed by atoms with Crippen LogP contribution in [0, 0.1) is 5.92 Å². The van der Waals surface area contributed by atoms with E-state index in [2.05, 4.69) is 10.6 Å². The van der Waals surface area contributed by atoms with Gasteiger partial charge in [0.05, 0.1) is 0 Å². The van der Waals surface area contributed by atoms with Gasteiger partial charge in [-0.25, -0.2) is 9.59 Å². The van der Waals surface area contributed by atoms with E-state index in [1.807, 2.05) is 0 Å². The minimum absolute atomic E-state index is 0.0182. The maximum absolute atomic E-state index is 11.9. The molecule has 7 nitrogen and oxygen atoms in total. The van der Waals surface area contributed by atoms with Crippen molar-refractivity contribution in [3.05, 3.63) is 0 Å². The summed E-state index contributed by atoms with van der Waals surface area (Å²) in [7, 11) is 0. The average Bonchev–Trinajstić information content (AvgIpc) is 3.16. The maximum atomic E-state index is 11.9. The zero-order valence-electron chi connectivity index (χ0n) is 11.3. The van der Waals surface area contributed by atoms with Crippen LogP contribution in [0.25, 0.3) is 0 Å². The zero-order chi connectivity index (χ0) is 14.4. The van der Waals surface area contributed by atoms with Crippen molar-refractivity contribution in [1.29, 1.82) is 0 Å². The van der Waals surface area contributed by atoms with E-state index < -0.39 is 18.0 Å². The standard InChI is InChI=1S/C12H21N3O4/c1-3-13-9(16)7-15(4-2)12(19)14-10(11(17)18)8-5-6-8/h8,10H,3-7H2,1-2H3,(H,13,16)(H,14,19)(H,17,18). The van der Waals surface area contributed by atoms with Crippen molar-refractivity contribution in [1.82, 2.24) is 15.5 Å². The molecule has 108 valence electrons.